The van der Waals surface area contributed by atoms with Gasteiger partial charge in [0.15, 0.2) is 5.82 Å². The van der Waals surface area contributed by atoms with E-state index in [4.69, 9.17) is 4.74 Å². The largest absolute Gasteiger partial charge is 0.378 e. The van der Waals surface area contributed by atoms with Crippen LogP contribution in [0.25, 0.3) is 10.9 Å². The van der Waals surface area contributed by atoms with Crippen LogP contribution in [0.5, 0.6) is 0 Å². The summed E-state index contributed by atoms with van der Waals surface area (Å²) < 4.78 is 32.1. The second-order valence-corrected chi connectivity index (χ2v) is 6.60. The lowest BCUT2D eigenvalue weighted by atomic mass is 9.90. The lowest BCUT2D eigenvalue weighted by Gasteiger charge is -2.35. The molecule has 0 spiro atoms. The molecule has 2 aromatic rings. The Morgan fingerprint density at radius 1 is 1.08 bits per heavy atom. The fourth-order valence-corrected chi connectivity index (χ4v) is 3.87. The highest BCUT2D eigenvalue weighted by Crippen LogP contribution is 2.33. The number of benzene rings is 1. The Bertz CT molecular complexity index is 710. The Kier molecular flexibility index (Phi) is 4.31. The molecule has 24 heavy (non-hydrogen) atoms. The first-order valence-corrected chi connectivity index (χ1v) is 8.64. The monoisotopic (exact) mass is 333 g/mol. The van der Waals surface area contributed by atoms with Gasteiger partial charge in [0.05, 0.1) is 11.6 Å². The SMILES string of the molecule is FC(F)c1nc(N2CCC(C3CCCO3)CC2)c2ccccc2n1. The van der Waals surface area contributed by atoms with Crippen LogP contribution in [0, 0.1) is 5.92 Å². The second-order valence-electron chi connectivity index (χ2n) is 6.60. The summed E-state index contributed by atoms with van der Waals surface area (Å²) in [5.41, 5.74) is 0.582. The van der Waals surface area contributed by atoms with E-state index in [9.17, 15) is 8.78 Å². The first-order valence-electron chi connectivity index (χ1n) is 8.64. The molecule has 0 radical (unpaired) electrons. The number of para-hydroxylation sites is 1. The fourth-order valence-electron chi connectivity index (χ4n) is 3.87. The zero-order valence-electron chi connectivity index (χ0n) is 13.5. The van der Waals surface area contributed by atoms with Crippen molar-refractivity contribution in [2.45, 2.75) is 38.2 Å². The molecule has 128 valence electrons. The number of hydrogen-bond donors (Lipinski definition) is 0. The van der Waals surface area contributed by atoms with Gasteiger partial charge in [-0.25, -0.2) is 18.7 Å². The molecular formula is C18H21F2N3O. The zero-order chi connectivity index (χ0) is 16.5. The molecule has 2 aliphatic heterocycles. The lowest BCUT2D eigenvalue weighted by Crippen LogP contribution is -2.38. The minimum Gasteiger partial charge on any atom is -0.378 e. The Balaban J connectivity index is 1.59. The van der Waals surface area contributed by atoms with E-state index in [1.165, 1.54) is 0 Å². The fraction of sp³-hybridized carbons (Fsp3) is 0.556. The van der Waals surface area contributed by atoms with Crippen molar-refractivity contribution < 1.29 is 13.5 Å². The van der Waals surface area contributed by atoms with Crippen molar-refractivity contribution in [1.29, 1.82) is 0 Å². The van der Waals surface area contributed by atoms with Gasteiger partial charge in [0.1, 0.15) is 5.82 Å². The predicted molar refractivity (Wildman–Crippen MR) is 88.4 cm³/mol. The molecule has 4 nitrogen and oxygen atoms in total. The predicted octanol–water partition coefficient (Wildman–Crippen LogP) is 3.96. The van der Waals surface area contributed by atoms with Gasteiger partial charge >= 0.3 is 0 Å². The molecule has 0 N–H and O–H groups in total. The van der Waals surface area contributed by atoms with Gasteiger partial charge in [-0.3, -0.25) is 0 Å². The number of halogens is 2. The number of anilines is 1. The second kappa shape index (κ2) is 6.59. The van der Waals surface area contributed by atoms with Crippen molar-refractivity contribution in [1.82, 2.24) is 9.97 Å². The maximum Gasteiger partial charge on any atom is 0.297 e. The van der Waals surface area contributed by atoms with E-state index in [0.717, 1.165) is 50.8 Å². The molecule has 1 aromatic heterocycles. The van der Waals surface area contributed by atoms with Gasteiger partial charge in [-0.2, -0.15) is 0 Å². The maximum absolute atomic E-state index is 13.1. The highest BCUT2D eigenvalue weighted by atomic mass is 19.3. The summed E-state index contributed by atoms with van der Waals surface area (Å²) in [6, 6.07) is 7.39. The van der Waals surface area contributed by atoms with Crippen molar-refractivity contribution in [2.24, 2.45) is 5.92 Å². The number of ether oxygens (including phenoxy) is 1. The van der Waals surface area contributed by atoms with E-state index in [-0.39, 0.29) is 5.82 Å². The van der Waals surface area contributed by atoms with Crippen LogP contribution in [0.1, 0.15) is 37.9 Å². The zero-order valence-corrected chi connectivity index (χ0v) is 13.5. The smallest absolute Gasteiger partial charge is 0.297 e. The van der Waals surface area contributed by atoms with Crippen molar-refractivity contribution in [2.75, 3.05) is 24.6 Å². The van der Waals surface area contributed by atoms with E-state index < -0.39 is 6.43 Å². The van der Waals surface area contributed by atoms with E-state index >= 15 is 0 Å². The molecule has 3 heterocycles. The average Bonchev–Trinajstić information content (AvgIpc) is 3.15. The van der Waals surface area contributed by atoms with E-state index in [1.54, 1.807) is 6.07 Å². The molecule has 2 aliphatic rings. The van der Waals surface area contributed by atoms with E-state index in [2.05, 4.69) is 14.9 Å². The van der Waals surface area contributed by atoms with Gasteiger partial charge in [-0.1, -0.05) is 12.1 Å². The molecule has 0 amide bonds. The topological polar surface area (TPSA) is 38.2 Å². The van der Waals surface area contributed by atoms with Crippen LogP contribution < -0.4 is 4.90 Å². The first kappa shape index (κ1) is 15.7. The van der Waals surface area contributed by atoms with Crippen LogP contribution in [-0.2, 0) is 4.74 Å². The molecular weight excluding hydrogens is 312 g/mol. The Labute approximate surface area is 139 Å². The van der Waals surface area contributed by atoms with Crippen molar-refractivity contribution >= 4 is 16.7 Å². The first-order chi connectivity index (χ1) is 11.7. The number of alkyl halides is 2. The summed E-state index contributed by atoms with van der Waals surface area (Å²) in [5, 5.41) is 0.845. The van der Waals surface area contributed by atoms with Crippen LogP contribution in [0.2, 0.25) is 0 Å². The van der Waals surface area contributed by atoms with Gasteiger partial charge in [0.25, 0.3) is 6.43 Å². The van der Waals surface area contributed by atoms with Gasteiger partial charge < -0.3 is 9.64 Å². The van der Waals surface area contributed by atoms with Gasteiger partial charge in [0.2, 0.25) is 0 Å². The third-order valence-electron chi connectivity index (χ3n) is 5.13. The van der Waals surface area contributed by atoms with Crippen molar-refractivity contribution in [3.63, 3.8) is 0 Å². The number of piperidine rings is 1. The number of fused-ring (bicyclic) bond motifs is 1. The summed E-state index contributed by atoms with van der Waals surface area (Å²) in [4.78, 5) is 10.3. The van der Waals surface area contributed by atoms with Crippen LogP contribution in [0.4, 0.5) is 14.6 Å². The van der Waals surface area contributed by atoms with Gasteiger partial charge in [-0.05, 0) is 43.7 Å². The molecule has 4 rings (SSSR count). The summed E-state index contributed by atoms with van der Waals surface area (Å²) in [6.07, 6.45) is 2.07. The molecule has 6 heteroatoms. The van der Waals surface area contributed by atoms with E-state index in [1.807, 2.05) is 18.2 Å². The molecule has 0 saturated carbocycles. The van der Waals surface area contributed by atoms with Crippen LogP contribution in [-0.4, -0.2) is 35.8 Å². The number of nitrogens with zero attached hydrogens (tertiary/aromatic N) is 3. The molecule has 0 bridgehead atoms. The molecule has 0 aliphatic carbocycles. The summed E-state index contributed by atoms with van der Waals surface area (Å²) in [5.74, 6) is 0.832. The molecule has 1 atom stereocenters. The van der Waals surface area contributed by atoms with Crippen molar-refractivity contribution in [3.05, 3.63) is 30.1 Å². The van der Waals surface area contributed by atoms with Crippen molar-refractivity contribution in [3.8, 4) is 0 Å². The molecule has 1 aromatic carbocycles. The third kappa shape index (κ3) is 2.95. The summed E-state index contributed by atoms with van der Waals surface area (Å²) in [6.45, 7) is 2.53. The standard InChI is InChI=1S/C18H21F2N3O/c19-16(20)17-21-14-5-2-1-4-13(14)18(22-17)23-9-7-12(8-10-23)15-6-3-11-24-15/h1-2,4-5,12,15-16H,3,6-11H2. The van der Waals surface area contributed by atoms with E-state index in [0.29, 0.717) is 23.4 Å². The third-order valence-corrected chi connectivity index (χ3v) is 5.13. The Morgan fingerprint density at radius 2 is 1.88 bits per heavy atom. The van der Waals surface area contributed by atoms with Crippen LogP contribution >= 0.6 is 0 Å². The number of rotatable bonds is 3. The maximum atomic E-state index is 13.1. The Morgan fingerprint density at radius 3 is 2.58 bits per heavy atom. The molecule has 1 unspecified atom stereocenters. The minimum atomic E-state index is -2.65. The quantitative estimate of drug-likeness (QED) is 0.852. The highest BCUT2D eigenvalue weighted by Gasteiger charge is 2.30. The Hall–Kier alpha value is -1.82. The molecule has 2 saturated heterocycles. The summed E-state index contributed by atoms with van der Waals surface area (Å²) in [7, 11) is 0. The normalized spacial score (nSPS) is 22.6. The summed E-state index contributed by atoms with van der Waals surface area (Å²) >= 11 is 0. The molecule has 2 fully saturated rings. The van der Waals surface area contributed by atoms with Gasteiger partial charge in [-0.15, -0.1) is 0 Å². The number of aromatic nitrogens is 2. The van der Waals surface area contributed by atoms with Crippen LogP contribution in [0.15, 0.2) is 24.3 Å². The highest BCUT2D eigenvalue weighted by molar-refractivity contribution is 5.89. The van der Waals surface area contributed by atoms with Crippen LogP contribution in [0.3, 0.4) is 0 Å². The average molecular weight is 333 g/mol. The lowest BCUT2D eigenvalue weighted by molar-refractivity contribution is 0.0531. The van der Waals surface area contributed by atoms with Gasteiger partial charge in [0, 0.05) is 25.1 Å². The minimum absolute atomic E-state index is 0.380. The number of hydrogen-bond acceptors (Lipinski definition) is 4.